The van der Waals surface area contributed by atoms with Crippen molar-refractivity contribution in [2.45, 2.75) is 0 Å². The number of ether oxygens (including phenoxy) is 2. The topological polar surface area (TPSA) is 82.3 Å². The molecule has 1 aromatic heterocycles. The molecule has 0 aliphatic heterocycles. The van der Waals surface area contributed by atoms with Crippen molar-refractivity contribution in [2.75, 3.05) is 25.3 Å². The average molecular weight is 281 g/mol. The summed E-state index contributed by atoms with van der Waals surface area (Å²) in [7, 11) is 3.09. The van der Waals surface area contributed by atoms with Crippen molar-refractivity contribution in [3.8, 4) is 11.5 Å². The van der Waals surface area contributed by atoms with Crippen molar-refractivity contribution in [3.05, 3.63) is 29.5 Å². The monoisotopic (exact) mass is 280 g/mol. The summed E-state index contributed by atoms with van der Waals surface area (Å²) < 4.78 is 10.4. The second kappa shape index (κ2) is 5.62. The Morgan fingerprint density at radius 3 is 2.53 bits per heavy atom. The SMILES string of the molecule is COc1cc(Nc2cncc(N)n2)c(OC)cc1Cl. The normalized spacial score (nSPS) is 10.1. The predicted molar refractivity (Wildman–Crippen MR) is 74.3 cm³/mol. The molecule has 0 spiro atoms. The Balaban J connectivity index is 2.38. The van der Waals surface area contributed by atoms with Crippen LogP contribution in [0.1, 0.15) is 0 Å². The first-order valence-electron chi connectivity index (χ1n) is 5.40. The maximum atomic E-state index is 6.03. The van der Waals surface area contributed by atoms with E-state index in [9.17, 15) is 0 Å². The Kier molecular flexibility index (Phi) is 3.91. The molecule has 6 nitrogen and oxygen atoms in total. The highest BCUT2D eigenvalue weighted by molar-refractivity contribution is 6.32. The zero-order valence-corrected chi connectivity index (χ0v) is 11.2. The Bertz CT molecular complexity index is 592. The van der Waals surface area contributed by atoms with Crippen LogP contribution in [0.25, 0.3) is 0 Å². The number of rotatable bonds is 4. The molecule has 19 heavy (non-hydrogen) atoms. The van der Waals surface area contributed by atoms with Crippen molar-refractivity contribution in [2.24, 2.45) is 0 Å². The third-order valence-corrected chi connectivity index (χ3v) is 2.69. The highest BCUT2D eigenvalue weighted by Crippen LogP contribution is 2.36. The van der Waals surface area contributed by atoms with Crippen LogP contribution in [0.5, 0.6) is 11.5 Å². The quantitative estimate of drug-likeness (QED) is 0.895. The molecular formula is C12H13ClN4O2. The van der Waals surface area contributed by atoms with Crippen LogP contribution in [0.4, 0.5) is 17.3 Å². The van der Waals surface area contributed by atoms with Crippen molar-refractivity contribution < 1.29 is 9.47 Å². The van der Waals surface area contributed by atoms with Crippen LogP contribution < -0.4 is 20.5 Å². The zero-order valence-electron chi connectivity index (χ0n) is 10.5. The molecule has 1 heterocycles. The Labute approximate surface area is 115 Å². The summed E-state index contributed by atoms with van der Waals surface area (Å²) in [5.74, 6) is 1.92. The van der Waals surface area contributed by atoms with Crippen LogP contribution in [0.15, 0.2) is 24.5 Å². The van der Waals surface area contributed by atoms with Gasteiger partial charge in [0, 0.05) is 12.1 Å². The molecule has 2 rings (SSSR count). The summed E-state index contributed by atoms with van der Waals surface area (Å²) in [6.45, 7) is 0. The van der Waals surface area contributed by atoms with Gasteiger partial charge in [-0.25, -0.2) is 4.98 Å². The van der Waals surface area contributed by atoms with Crippen LogP contribution >= 0.6 is 11.6 Å². The lowest BCUT2D eigenvalue weighted by Gasteiger charge is -2.13. The molecule has 0 saturated carbocycles. The second-order valence-electron chi connectivity index (χ2n) is 3.64. The van der Waals surface area contributed by atoms with Gasteiger partial charge in [0.25, 0.3) is 0 Å². The van der Waals surface area contributed by atoms with Gasteiger partial charge in [0.05, 0.1) is 37.3 Å². The number of anilines is 3. The number of nitrogen functional groups attached to an aromatic ring is 1. The number of nitrogens with one attached hydrogen (secondary N) is 1. The molecule has 1 aromatic carbocycles. The minimum Gasteiger partial charge on any atom is -0.495 e. The van der Waals surface area contributed by atoms with E-state index >= 15 is 0 Å². The van der Waals surface area contributed by atoms with E-state index < -0.39 is 0 Å². The van der Waals surface area contributed by atoms with Crippen LogP contribution in [-0.4, -0.2) is 24.2 Å². The largest absolute Gasteiger partial charge is 0.495 e. The van der Waals surface area contributed by atoms with Crippen molar-refractivity contribution in [3.63, 3.8) is 0 Å². The van der Waals surface area contributed by atoms with E-state index in [4.69, 9.17) is 26.8 Å². The van der Waals surface area contributed by atoms with E-state index in [-0.39, 0.29) is 0 Å². The number of methoxy groups -OCH3 is 2. The van der Waals surface area contributed by atoms with Crippen LogP contribution in [0.2, 0.25) is 5.02 Å². The lowest BCUT2D eigenvalue weighted by Crippen LogP contribution is -2.00. The molecule has 0 aliphatic carbocycles. The molecule has 3 N–H and O–H groups in total. The van der Waals surface area contributed by atoms with Crippen molar-refractivity contribution >= 4 is 28.9 Å². The fourth-order valence-corrected chi connectivity index (χ4v) is 1.77. The molecule has 2 aromatic rings. The van der Waals surface area contributed by atoms with Gasteiger partial charge in [0.1, 0.15) is 17.3 Å². The Hall–Kier alpha value is -2.21. The lowest BCUT2D eigenvalue weighted by atomic mass is 10.2. The number of nitrogens with two attached hydrogens (primary N) is 1. The summed E-state index contributed by atoms with van der Waals surface area (Å²) in [6.07, 6.45) is 3.02. The van der Waals surface area contributed by atoms with Gasteiger partial charge in [-0.2, -0.15) is 0 Å². The number of nitrogens with zero attached hydrogens (tertiary/aromatic N) is 2. The van der Waals surface area contributed by atoms with Crippen LogP contribution in [0, 0.1) is 0 Å². The van der Waals surface area contributed by atoms with Gasteiger partial charge >= 0.3 is 0 Å². The number of aromatic nitrogens is 2. The molecule has 0 fully saturated rings. The fourth-order valence-electron chi connectivity index (χ4n) is 1.54. The molecule has 0 amide bonds. The molecule has 0 aliphatic rings. The maximum absolute atomic E-state index is 6.03. The molecule has 100 valence electrons. The summed E-state index contributed by atoms with van der Waals surface area (Å²) >= 11 is 6.03. The third kappa shape index (κ3) is 2.97. The van der Waals surface area contributed by atoms with Gasteiger partial charge in [-0.3, -0.25) is 4.98 Å². The van der Waals surface area contributed by atoms with Gasteiger partial charge < -0.3 is 20.5 Å². The second-order valence-corrected chi connectivity index (χ2v) is 4.05. The molecule has 0 atom stereocenters. The third-order valence-electron chi connectivity index (χ3n) is 2.39. The number of hydrogen-bond donors (Lipinski definition) is 2. The number of benzene rings is 1. The van der Waals surface area contributed by atoms with Gasteiger partial charge in [-0.1, -0.05) is 11.6 Å². The molecule has 0 radical (unpaired) electrons. The standard InChI is InChI=1S/C12H13ClN4O2/c1-18-9-4-8(10(19-2)3-7(9)13)16-12-6-15-5-11(14)17-12/h3-6H,1-2H3,(H3,14,16,17). The summed E-state index contributed by atoms with van der Waals surface area (Å²) in [5, 5.41) is 3.51. The van der Waals surface area contributed by atoms with Crippen LogP contribution in [-0.2, 0) is 0 Å². The van der Waals surface area contributed by atoms with E-state index in [0.717, 1.165) is 0 Å². The summed E-state index contributed by atoms with van der Waals surface area (Å²) in [4.78, 5) is 8.04. The van der Waals surface area contributed by atoms with Crippen LogP contribution in [0.3, 0.4) is 0 Å². The summed E-state index contributed by atoms with van der Waals surface area (Å²) in [5.41, 5.74) is 6.23. The molecule has 0 unspecified atom stereocenters. The first-order valence-corrected chi connectivity index (χ1v) is 5.78. The highest BCUT2D eigenvalue weighted by Gasteiger charge is 2.10. The van der Waals surface area contributed by atoms with E-state index in [2.05, 4.69) is 15.3 Å². The zero-order chi connectivity index (χ0) is 13.8. The number of hydrogen-bond acceptors (Lipinski definition) is 6. The lowest BCUT2D eigenvalue weighted by molar-refractivity contribution is 0.405. The smallest absolute Gasteiger partial charge is 0.151 e. The van der Waals surface area contributed by atoms with E-state index in [1.165, 1.54) is 13.3 Å². The van der Waals surface area contributed by atoms with Gasteiger partial charge in [-0.15, -0.1) is 0 Å². The molecular weight excluding hydrogens is 268 g/mol. The van der Waals surface area contributed by atoms with Gasteiger partial charge in [-0.05, 0) is 0 Å². The molecule has 0 saturated heterocycles. The molecule has 0 bridgehead atoms. The van der Waals surface area contributed by atoms with Crippen molar-refractivity contribution in [1.82, 2.24) is 9.97 Å². The average Bonchev–Trinajstić information content (AvgIpc) is 2.40. The Morgan fingerprint density at radius 2 is 1.89 bits per heavy atom. The van der Waals surface area contributed by atoms with E-state index in [1.807, 2.05) is 0 Å². The summed E-state index contributed by atoms with van der Waals surface area (Å²) in [6, 6.07) is 3.37. The molecule has 7 heteroatoms. The van der Waals surface area contributed by atoms with Gasteiger partial charge in [0.15, 0.2) is 5.82 Å². The minimum absolute atomic E-state index is 0.324. The fraction of sp³-hybridized carbons (Fsp3) is 0.167. The van der Waals surface area contributed by atoms with E-state index in [0.29, 0.717) is 33.8 Å². The highest BCUT2D eigenvalue weighted by atomic mass is 35.5. The van der Waals surface area contributed by atoms with E-state index in [1.54, 1.807) is 25.4 Å². The first-order chi connectivity index (χ1) is 9.13. The minimum atomic E-state index is 0.324. The van der Waals surface area contributed by atoms with Crippen molar-refractivity contribution in [1.29, 1.82) is 0 Å². The predicted octanol–water partition coefficient (Wildman–Crippen LogP) is 2.47. The Morgan fingerprint density at radius 1 is 1.16 bits per heavy atom. The maximum Gasteiger partial charge on any atom is 0.151 e. The first kappa shape index (κ1) is 13.2. The number of halogens is 1. The van der Waals surface area contributed by atoms with Gasteiger partial charge in [0.2, 0.25) is 0 Å².